The molecule has 0 spiro atoms. The maximum absolute atomic E-state index is 6.20. The minimum absolute atomic E-state index is 0.0968. The Kier molecular flexibility index (Phi) is 5.59. The van der Waals surface area contributed by atoms with Crippen LogP contribution in [0.4, 0.5) is 0 Å². The number of rotatable bonds is 6. The molecule has 0 unspecified atom stereocenters. The molecular weight excluding hydrogens is 238 g/mol. The lowest BCUT2D eigenvalue weighted by atomic mass is 10.2. The monoisotopic (exact) mass is 257 g/mol. The molecule has 0 aliphatic carbocycles. The van der Waals surface area contributed by atoms with Crippen molar-refractivity contribution >= 4 is 11.6 Å². The SMILES string of the molecule is CCNCc1cc(OC)c(OC(C)C)cc1Cl. The predicted octanol–water partition coefficient (Wildman–Crippen LogP) is 3.25. The standard InChI is InChI=1S/C13H20ClNO2/c1-5-15-8-10-6-12(16-4)13(7-11(10)14)17-9(2)3/h6-7,9,15H,5,8H2,1-4H3. The van der Waals surface area contributed by atoms with Crippen molar-refractivity contribution in [1.82, 2.24) is 5.32 Å². The van der Waals surface area contributed by atoms with Gasteiger partial charge >= 0.3 is 0 Å². The molecule has 3 nitrogen and oxygen atoms in total. The molecule has 0 aliphatic heterocycles. The van der Waals surface area contributed by atoms with Crippen LogP contribution >= 0.6 is 11.6 Å². The van der Waals surface area contributed by atoms with Crippen molar-refractivity contribution in [2.75, 3.05) is 13.7 Å². The third-order valence-electron chi connectivity index (χ3n) is 2.26. The second-order valence-corrected chi connectivity index (χ2v) is 4.45. The molecule has 17 heavy (non-hydrogen) atoms. The maximum Gasteiger partial charge on any atom is 0.163 e. The van der Waals surface area contributed by atoms with Crippen molar-refractivity contribution in [2.45, 2.75) is 33.4 Å². The average molecular weight is 258 g/mol. The average Bonchev–Trinajstić information content (AvgIpc) is 2.27. The number of benzene rings is 1. The van der Waals surface area contributed by atoms with Gasteiger partial charge in [0.15, 0.2) is 11.5 Å². The fourth-order valence-corrected chi connectivity index (χ4v) is 1.70. The van der Waals surface area contributed by atoms with Crippen LogP contribution in [0.3, 0.4) is 0 Å². The summed E-state index contributed by atoms with van der Waals surface area (Å²) in [7, 11) is 1.63. The lowest BCUT2D eigenvalue weighted by molar-refractivity contribution is 0.230. The summed E-state index contributed by atoms with van der Waals surface area (Å²) in [6, 6.07) is 3.73. The number of methoxy groups -OCH3 is 1. The van der Waals surface area contributed by atoms with Crippen LogP contribution in [-0.4, -0.2) is 19.8 Å². The quantitative estimate of drug-likeness (QED) is 0.849. The molecule has 0 atom stereocenters. The first-order chi connectivity index (χ1) is 8.08. The molecule has 4 heteroatoms. The Bertz CT molecular complexity index is 367. The Hall–Kier alpha value is -0.930. The van der Waals surface area contributed by atoms with Gasteiger partial charge in [0, 0.05) is 17.6 Å². The summed E-state index contributed by atoms with van der Waals surface area (Å²) in [5.74, 6) is 1.41. The molecule has 0 radical (unpaired) electrons. The summed E-state index contributed by atoms with van der Waals surface area (Å²) < 4.78 is 11.0. The van der Waals surface area contributed by atoms with Gasteiger partial charge in [0.05, 0.1) is 13.2 Å². The third-order valence-corrected chi connectivity index (χ3v) is 2.61. The molecule has 0 saturated carbocycles. The summed E-state index contributed by atoms with van der Waals surface area (Å²) in [6.45, 7) is 7.64. The second kappa shape index (κ2) is 6.72. The van der Waals surface area contributed by atoms with E-state index in [1.165, 1.54) is 0 Å². The lowest BCUT2D eigenvalue weighted by Gasteiger charge is -2.16. The molecule has 0 bridgehead atoms. The topological polar surface area (TPSA) is 30.5 Å². The van der Waals surface area contributed by atoms with E-state index in [0.717, 1.165) is 24.4 Å². The van der Waals surface area contributed by atoms with Gasteiger partial charge in [-0.1, -0.05) is 18.5 Å². The highest BCUT2D eigenvalue weighted by molar-refractivity contribution is 6.31. The van der Waals surface area contributed by atoms with Gasteiger partial charge in [-0.15, -0.1) is 0 Å². The van der Waals surface area contributed by atoms with E-state index in [1.54, 1.807) is 7.11 Å². The van der Waals surface area contributed by atoms with E-state index in [-0.39, 0.29) is 6.10 Å². The number of hydrogen-bond acceptors (Lipinski definition) is 3. The smallest absolute Gasteiger partial charge is 0.163 e. The van der Waals surface area contributed by atoms with Crippen molar-refractivity contribution in [3.63, 3.8) is 0 Å². The Labute approximate surface area is 108 Å². The van der Waals surface area contributed by atoms with E-state index in [9.17, 15) is 0 Å². The van der Waals surface area contributed by atoms with Crippen LogP contribution in [0.5, 0.6) is 11.5 Å². The molecule has 0 fully saturated rings. The molecule has 0 aromatic heterocycles. The lowest BCUT2D eigenvalue weighted by Crippen LogP contribution is -2.13. The van der Waals surface area contributed by atoms with E-state index >= 15 is 0 Å². The zero-order valence-electron chi connectivity index (χ0n) is 10.8. The van der Waals surface area contributed by atoms with Crippen molar-refractivity contribution in [3.8, 4) is 11.5 Å². The zero-order chi connectivity index (χ0) is 12.8. The normalized spacial score (nSPS) is 10.7. The van der Waals surface area contributed by atoms with Gasteiger partial charge in [-0.05, 0) is 32.0 Å². The second-order valence-electron chi connectivity index (χ2n) is 4.04. The van der Waals surface area contributed by atoms with Crippen molar-refractivity contribution in [2.24, 2.45) is 0 Å². The van der Waals surface area contributed by atoms with Crippen LogP contribution in [0, 0.1) is 0 Å². The molecule has 0 heterocycles. The Balaban J connectivity index is 2.97. The number of halogens is 1. The van der Waals surface area contributed by atoms with Crippen molar-refractivity contribution < 1.29 is 9.47 Å². The summed E-state index contributed by atoms with van der Waals surface area (Å²) in [4.78, 5) is 0. The van der Waals surface area contributed by atoms with Gasteiger partial charge in [-0.25, -0.2) is 0 Å². The molecule has 1 rings (SSSR count). The van der Waals surface area contributed by atoms with E-state index in [0.29, 0.717) is 10.8 Å². The highest BCUT2D eigenvalue weighted by Gasteiger charge is 2.11. The Morgan fingerprint density at radius 2 is 2.00 bits per heavy atom. The van der Waals surface area contributed by atoms with Crippen LogP contribution in [0.25, 0.3) is 0 Å². The minimum Gasteiger partial charge on any atom is -0.493 e. The van der Waals surface area contributed by atoms with Crippen molar-refractivity contribution in [1.29, 1.82) is 0 Å². The summed E-state index contributed by atoms with van der Waals surface area (Å²) >= 11 is 6.20. The van der Waals surface area contributed by atoms with Gasteiger partial charge in [0.1, 0.15) is 0 Å². The Morgan fingerprint density at radius 1 is 1.29 bits per heavy atom. The van der Waals surface area contributed by atoms with E-state index in [1.807, 2.05) is 26.0 Å². The van der Waals surface area contributed by atoms with Gasteiger partial charge in [-0.3, -0.25) is 0 Å². The predicted molar refractivity (Wildman–Crippen MR) is 71.1 cm³/mol. The largest absolute Gasteiger partial charge is 0.493 e. The van der Waals surface area contributed by atoms with Crippen LogP contribution < -0.4 is 14.8 Å². The summed E-state index contributed by atoms with van der Waals surface area (Å²) in [6.07, 6.45) is 0.0968. The molecule has 96 valence electrons. The molecule has 1 aromatic carbocycles. The number of nitrogens with one attached hydrogen (secondary N) is 1. The number of hydrogen-bond donors (Lipinski definition) is 1. The zero-order valence-corrected chi connectivity index (χ0v) is 11.6. The fraction of sp³-hybridized carbons (Fsp3) is 0.538. The Morgan fingerprint density at radius 3 is 2.53 bits per heavy atom. The molecule has 1 aromatic rings. The highest BCUT2D eigenvalue weighted by Crippen LogP contribution is 2.33. The molecule has 1 N–H and O–H groups in total. The molecule has 0 aliphatic rings. The van der Waals surface area contributed by atoms with Gasteiger partial charge < -0.3 is 14.8 Å². The first-order valence-electron chi connectivity index (χ1n) is 5.82. The first kappa shape index (κ1) is 14.1. The van der Waals surface area contributed by atoms with Gasteiger partial charge in [0.2, 0.25) is 0 Å². The number of ether oxygens (including phenoxy) is 2. The first-order valence-corrected chi connectivity index (χ1v) is 6.20. The minimum atomic E-state index is 0.0968. The molecular formula is C13H20ClNO2. The summed E-state index contributed by atoms with van der Waals surface area (Å²) in [5.41, 5.74) is 1.02. The van der Waals surface area contributed by atoms with Gasteiger partial charge in [-0.2, -0.15) is 0 Å². The third kappa shape index (κ3) is 4.10. The highest BCUT2D eigenvalue weighted by atomic mass is 35.5. The fourth-order valence-electron chi connectivity index (χ4n) is 1.48. The van der Waals surface area contributed by atoms with E-state index in [4.69, 9.17) is 21.1 Å². The molecule has 0 saturated heterocycles. The maximum atomic E-state index is 6.20. The van der Waals surface area contributed by atoms with Crippen LogP contribution in [0.15, 0.2) is 12.1 Å². The summed E-state index contributed by atoms with van der Waals surface area (Å²) in [5, 5.41) is 3.93. The van der Waals surface area contributed by atoms with Crippen LogP contribution in [0.1, 0.15) is 26.3 Å². The van der Waals surface area contributed by atoms with E-state index < -0.39 is 0 Å². The van der Waals surface area contributed by atoms with Crippen molar-refractivity contribution in [3.05, 3.63) is 22.7 Å². The van der Waals surface area contributed by atoms with Crippen LogP contribution in [0.2, 0.25) is 5.02 Å². The van der Waals surface area contributed by atoms with E-state index in [2.05, 4.69) is 12.2 Å². The molecule has 0 amide bonds. The van der Waals surface area contributed by atoms with Gasteiger partial charge in [0.25, 0.3) is 0 Å². The van der Waals surface area contributed by atoms with Crippen LogP contribution in [-0.2, 0) is 6.54 Å².